The van der Waals surface area contributed by atoms with Gasteiger partial charge in [0.1, 0.15) is 0 Å². The Labute approximate surface area is 187 Å². The predicted octanol–water partition coefficient (Wildman–Crippen LogP) is 8.37. The van der Waals surface area contributed by atoms with Crippen molar-refractivity contribution in [1.29, 1.82) is 0 Å². The van der Waals surface area contributed by atoms with Crippen molar-refractivity contribution >= 4 is 8.07 Å². The van der Waals surface area contributed by atoms with E-state index in [0.29, 0.717) is 21.9 Å². The lowest BCUT2D eigenvalue weighted by Crippen LogP contribution is -2.45. The van der Waals surface area contributed by atoms with Crippen molar-refractivity contribution in [2.45, 2.75) is 116 Å². The molecule has 3 aliphatic rings. The molecular formula is C28H46OSi. The van der Waals surface area contributed by atoms with Crippen molar-refractivity contribution < 1.29 is 5.11 Å². The lowest BCUT2D eigenvalue weighted by molar-refractivity contribution is 0.196. The summed E-state index contributed by atoms with van der Waals surface area (Å²) in [5, 5.41) is 11.1. The molecule has 4 atom stereocenters. The van der Waals surface area contributed by atoms with Gasteiger partial charge in [0, 0.05) is 0 Å². The maximum atomic E-state index is 10.8. The Balaban J connectivity index is 1.87. The van der Waals surface area contributed by atoms with E-state index < -0.39 is 8.07 Å². The summed E-state index contributed by atoms with van der Waals surface area (Å²) in [5.74, 6) is 0.715. The van der Waals surface area contributed by atoms with Crippen molar-refractivity contribution in [3.63, 3.8) is 0 Å². The van der Waals surface area contributed by atoms with Crippen molar-refractivity contribution in [2.24, 2.45) is 11.3 Å². The normalized spacial score (nSPS) is 35.8. The number of hydrogen-bond acceptors (Lipinski definition) is 1. The molecule has 0 aromatic rings. The number of aliphatic hydroxyl groups excluding tert-OH is 1. The molecule has 1 N–H and O–H groups in total. The first-order chi connectivity index (χ1) is 13.8. The predicted molar refractivity (Wildman–Crippen MR) is 135 cm³/mol. The third kappa shape index (κ3) is 4.11. The largest absolute Gasteiger partial charge is 0.388 e. The van der Waals surface area contributed by atoms with Crippen LogP contribution in [0.2, 0.25) is 23.7 Å². The van der Waals surface area contributed by atoms with Crippen molar-refractivity contribution in [3.8, 4) is 0 Å². The van der Waals surface area contributed by atoms with Crippen molar-refractivity contribution in [1.82, 2.24) is 0 Å². The van der Waals surface area contributed by atoms with Crippen LogP contribution in [0.15, 0.2) is 46.6 Å². The highest BCUT2D eigenvalue weighted by molar-refractivity contribution is 6.82. The second-order valence-corrected chi connectivity index (χ2v) is 18.1. The Hall–Kier alpha value is -0.863. The van der Waals surface area contributed by atoms with E-state index in [1.807, 2.05) is 0 Å². The van der Waals surface area contributed by atoms with Crippen LogP contribution in [0.1, 0.15) is 86.5 Å². The van der Waals surface area contributed by atoms with E-state index in [1.54, 1.807) is 16.7 Å². The monoisotopic (exact) mass is 426 g/mol. The average molecular weight is 427 g/mol. The van der Waals surface area contributed by atoms with Crippen LogP contribution in [-0.2, 0) is 0 Å². The molecule has 168 valence electrons. The summed E-state index contributed by atoms with van der Waals surface area (Å²) in [7, 11) is -1.60. The molecule has 3 fully saturated rings. The lowest BCUT2D eigenvalue weighted by Gasteiger charge is -2.47. The minimum absolute atomic E-state index is 0.303. The molecule has 30 heavy (non-hydrogen) atoms. The average Bonchev–Trinajstić information content (AvgIpc) is 2.99. The Bertz CT molecular complexity index is 784. The van der Waals surface area contributed by atoms with Gasteiger partial charge in [-0.3, -0.25) is 0 Å². The number of rotatable bonds is 2. The van der Waals surface area contributed by atoms with Gasteiger partial charge in [0.15, 0.2) is 0 Å². The zero-order valence-corrected chi connectivity index (χ0v) is 22.0. The molecule has 3 saturated carbocycles. The first-order valence-corrected chi connectivity index (χ1v) is 15.3. The Morgan fingerprint density at radius 1 is 1.13 bits per heavy atom. The van der Waals surface area contributed by atoms with Crippen molar-refractivity contribution in [3.05, 3.63) is 46.6 Å². The first kappa shape index (κ1) is 23.8. The topological polar surface area (TPSA) is 20.2 Å². The summed E-state index contributed by atoms with van der Waals surface area (Å²) >= 11 is 0. The zero-order valence-electron chi connectivity index (χ0n) is 21.0. The van der Waals surface area contributed by atoms with Gasteiger partial charge in [0.05, 0.1) is 14.2 Å². The summed E-state index contributed by atoms with van der Waals surface area (Å²) in [4.78, 5) is 0. The quantitative estimate of drug-likeness (QED) is 0.347. The van der Waals surface area contributed by atoms with Crippen LogP contribution >= 0.6 is 0 Å². The van der Waals surface area contributed by atoms with Gasteiger partial charge in [-0.15, -0.1) is 0 Å². The molecule has 0 radical (unpaired) electrons. The fourth-order valence-corrected chi connectivity index (χ4v) is 9.51. The van der Waals surface area contributed by atoms with Gasteiger partial charge in [-0.1, -0.05) is 81.8 Å². The minimum Gasteiger partial charge on any atom is -0.388 e. The van der Waals surface area contributed by atoms with Crippen molar-refractivity contribution in [2.75, 3.05) is 0 Å². The number of allylic oxidation sites excluding steroid dienone is 5. The number of hydrogen-bond donors (Lipinski definition) is 1. The Morgan fingerprint density at radius 3 is 2.40 bits per heavy atom. The van der Waals surface area contributed by atoms with Crippen LogP contribution in [-0.4, -0.2) is 19.3 Å². The van der Waals surface area contributed by atoms with Gasteiger partial charge >= 0.3 is 0 Å². The summed E-state index contributed by atoms with van der Waals surface area (Å²) in [5.41, 5.74) is 8.32. The molecule has 2 heteroatoms. The number of aliphatic hydroxyl groups is 1. The molecule has 0 spiro atoms. The standard InChI is InChI=1S/C28H46OSi/c1-19(2)23-14-15-24-22(11-10-16-28(23,24)7)13-12-21-17-25(29)20(3)26(18-21)30(8,9)27(4,5)6/h12-13,24-26,29H,3,10-11,14-18H2,1-2,4-9H3/b21-12+,22-13+/t24-,25+,26+,28+/m0/s1. The smallest absolute Gasteiger partial charge is 0.0784 e. The molecule has 0 amide bonds. The summed E-state index contributed by atoms with van der Waals surface area (Å²) in [6.45, 7) is 23.6. The molecule has 0 aromatic heterocycles. The highest BCUT2D eigenvalue weighted by Crippen LogP contribution is 2.58. The molecule has 0 saturated heterocycles. The SMILES string of the molecule is C=C1[C@H](O)C/C(=C\C=C2/CCC[C@]3(C)C(=C(C)C)CC[C@@H]23)C[C@H]1[Si](C)(C)C(C)(C)C. The van der Waals surface area contributed by atoms with Gasteiger partial charge in [-0.25, -0.2) is 0 Å². The third-order valence-corrected chi connectivity index (χ3v) is 15.7. The molecule has 0 unspecified atom stereocenters. The second kappa shape index (κ2) is 8.24. The fraction of sp³-hybridized carbons (Fsp3) is 0.714. The summed E-state index contributed by atoms with van der Waals surface area (Å²) in [6, 6.07) is 0. The summed E-state index contributed by atoms with van der Waals surface area (Å²) < 4.78 is 0. The lowest BCUT2D eigenvalue weighted by atomic mass is 9.65. The molecular weight excluding hydrogens is 380 g/mol. The Morgan fingerprint density at radius 2 is 1.80 bits per heavy atom. The maximum absolute atomic E-state index is 10.8. The van der Waals surface area contributed by atoms with E-state index >= 15 is 0 Å². The van der Waals surface area contributed by atoms with Crippen LogP contribution in [0.4, 0.5) is 0 Å². The van der Waals surface area contributed by atoms with E-state index in [0.717, 1.165) is 18.4 Å². The van der Waals surface area contributed by atoms with E-state index in [2.05, 4.69) is 73.4 Å². The van der Waals surface area contributed by atoms with E-state index in [-0.39, 0.29) is 6.10 Å². The highest BCUT2D eigenvalue weighted by Gasteiger charge is 2.47. The van der Waals surface area contributed by atoms with E-state index in [9.17, 15) is 5.11 Å². The van der Waals surface area contributed by atoms with Crippen LogP contribution in [0.5, 0.6) is 0 Å². The van der Waals surface area contributed by atoms with Gasteiger partial charge in [0.25, 0.3) is 0 Å². The van der Waals surface area contributed by atoms with Crippen LogP contribution in [0.25, 0.3) is 0 Å². The molecule has 3 rings (SSSR count). The molecule has 3 aliphatic carbocycles. The van der Waals surface area contributed by atoms with Crippen LogP contribution in [0, 0.1) is 11.3 Å². The van der Waals surface area contributed by atoms with Gasteiger partial charge in [-0.2, -0.15) is 0 Å². The second-order valence-electron chi connectivity index (χ2n) is 12.4. The van der Waals surface area contributed by atoms with E-state index in [1.165, 1.54) is 37.7 Å². The summed E-state index contributed by atoms with van der Waals surface area (Å²) in [6.07, 6.45) is 12.9. The maximum Gasteiger partial charge on any atom is 0.0784 e. The first-order valence-electron chi connectivity index (χ1n) is 12.2. The van der Waals surface area contributed by atoms with Gasteiger partial charge in [-0.05, 0) is 86.3 Å². The highest BCUT2D eigenvalue weighted by atomic mass is 28.3. The molecule has 0 heterocycles. The van der Waals surface area contributed by atoms with Gasteiger partial charge < -0.3 is 5.11 Å². The molecule has 0 bridgehead atoms. The van der Waals surface area contributed by atoms with Crippen LogP contribution in [0.3, 0.4) is 0 Å². The Kier molecular flexibility index (Phi) is 6.54. The molecule has 0 aliphatic heterocycles. The minimum atomic E-state index is -1.60. The van der Waals surface area contributed by atoms with E-state index in [4.69, 9.17) is 0 Å². The fourth-order valence-electron chi connectivity index (χ4n) is 6.57. The zero-order chi connectivity index (χ0) is 22.5. The molecule has 1 nitrogen and oxygen atoms in total. The third-order valence-electron chi connectivity index (χ3n) is 9.49. The van der Waals surface area contributed by atoms with Gasteiger partial charge in [0.2, 0.25) is 0 Å². The van der Waals surface area contributed by atoms with Crippen LogP contribution < -0.4 is 0 Å². The molecule has 0 aromatic carbocycles. The number of fused-ring (bicyclic) bond motifs is 1.